The third-order valence-corrected chi connectivity index (χ3v) is 5.54. The molecule has 1 aromatic rings. The fourth-order valence-corrected chi connectivity index (χ4v) is 3.98. The van der Waals surface area contributed by atoms with Gasteiger partial charge in [0.25, 0.3) is 5.91 Å². The van der Waals surface area contributed by atoms with E-state index in [1.807, 2.05) is 7.05 Å². The maximum Gasteiger partial charge on any atom is 0.254 e. The molecule has 3 atom stereocenters. The fourth-order valence-electron chi connectivity index (χ4n) is 3.98. The van der Waals surface area contributed by atoms with E-state index in [4.69, 9.17) is 4.74 Å². The number of hydrogen-bond acceptors (Lipinski definition) is 4. The molecule has 6 nitrogen and oxygen atoms in total. The summed E-state index contributed by atoms with van der Waals surface area (Å²) in [6.07, 6.45) is 7.56. The molecular weight excluding hydrogens is 292 g/mol. The van der Waals surface area contributed by atoms with Gasteiger partial charge >= 0.3 is 0 Å². The summed E-state index contributed by atoms with van der Waals surface area (Å²) in [4.78, 5) is 14.8. The summed E-state index contributed by atoms with van der Waals surface area (Å²) in [5.41, 5.74) is 0.612. The molecule has 1 aliphatic carbocycles. The first-order chi connectivity index (χ1) is 11.2. The van der Waals surface area contributed by atoms with E-state index in [9.17, 15) is 4.79 Å². The van der Waals surface area contributed by atoms with Gasteiger partial charge in [-0.25, -0.2) is 0 Å². The second kappa shape index (κ2) is 6.24. The third-order valence-electron chi connectivity index (χ3n) is 5.54. The molecule has 1 saturated carbocycles. The van der Waals surface area contributed by atoms with Crippen molar-refractivity contribution in [3.63, 3.8) is 0 Å². The predicted molar refractivity (Wildman–Crippen MR) is 86.0 cm³/mol. The summed E-state index contributed by atoms with van der Waals surface area (Å²) in [5, 5.41) is 7.06. The third kappa shape index (κ3) is 3.43. The first-order valence-corrected chi connectivity index (χ1v) is 8.80. The van der Waals surface area contributed by atoms with Crippen molar-refractivity contribution in [2.24, 2.45) is 24.8 Å². The highest BCUT2D eigenvalue weighted by Gasteiger charge is 2.41. The zero-order chi connectivity index (χ0) is 15.8. The molecule has 3 aliphatic rings. The Balaban J connectivity index is 1.30. The van der Waals surface area contributed by atoms with Crippen LogP contribution in [-0.2, 0) is 11.8 Å². The largest absolute Gasteiger partial charge is 0.376 e. The maximum absolute atomic E-state index is 12.2. The number of hydrogen-bond donors (Lipinski definition) is 1. The van der Waals surface area contributed by atoms with Gasteiger partial charge in [0, 0.05) is 38.8 Å². The Kier molecular flexibility index (Phi) is 4.11. The first-order valence-electron chi connectivity index (χ1n) is 8.80. The number of amides is 1. The summed E-state index contributed by atoms with van der Waals surface area (Å²) < 4.78 is 7.64. The van der Waals surface area contributed by atoms with E-state index < -0.39 is 0 Å². The Hall–Kier alpha value is -1.40. The van der Waals surface area contributed by atoms with Gasteiger partial charge < -0.3 is 15.0 Å². The maximum atomic E-state index is 12.2. The van der Waals surface area contributed by atoms with Crippen LogP contribution in [0.3, 0.4) is 0 Å². The molecule has 6 heteroatoms. The van der Waals surface area contributed by atoms with E-state index in [0.29, 0.717) is 23.9 Å². The SMILES string of the molecule is Cn1cc(C(=O)NC[C@H]2OC[C@@H]3CCN(CC4CC4)C[C@@H]32)cn1. The minimum Gasteiger partial charge on any atom is -0.376 e. The van der Waals surface area contributed by atoms with Crippen LogP contribution in [0.15, 0.2) is 12.4 Å². The smallest absolute Gasteiger partial charge is 0.254 e. The van der Waals surface area contributed by atoms with Crippen molar-refractivity contribution >= 4 is 5.91 Å². The predicted octanol–water partition coefficient (Wildman–Crippen LogP) is 0.897. The Morgan fingerprint density at radius 1 is 1.43 bits per heavy atom. The number of carbonyl (C=O) groups excluding carboxylic acids is 1. The lowest BCUT2D eigenvalue weighted by Crippen LogP contribution is -2.45. The van der Waals surface area contributed by atoms with Crippen LogP contribution in [0.1, 0.15) is 29.6 Å². The number of nitrogens with one attached hydrogen (secondary N) is 1. The van der Waals surface area contributed by atoms with Crippen LogP contribution in [0.2, 0.25) is 0 Å². The number of aryl methyl sites for hydroxylation is 1. The van der Waals surface area contributed by atoms with Crippen LogP contribution in [-0.4, -0.2) is 59.5 Å². The standard InChI is InChI=1S/C17H26N4O2/c1-20-9-14(6-19-20)17(22)18-7-16-15-10-21(8-12-2-3-12)5-4-13(15)11-23-16/h6,9,12-13,15-16H,2-5,7-8,10-11H2,1H3,(H,18,22)/t13-,15-,16+/m0/s1. The molecule has 0 unspecified atom stereocenters. The molecule has 0 spiro atoms. The Bertz CT molecular complexity index is 569. The topological polar surface area (TPSA) is 59.4 Å². The molecule has 1 amide bonds. The average molecular weight is 318 g/mol. The zero-order valence-electron chi connectivity index (χ0n) is 13.8. The minimum atomic E-state index is -0.0594. The van der Waals surface area contributed by atoms with Crippen LogP contribution in [0.25, 0.3) is 0 Å². The highest BCUT2D eigenvalue weighted by atomic mass is 16.5. The second-order valence-electron chi connectivity index (χ2n) is 7.40. The molecule has 0 aromatic carbocycles. The second-order valence-corrected chi connectivity index (χ2v) is 7.40. The van der Waals surface area contributed by atoms with Gasteiger partial charge in [-0.3, -0.25) is 9.48 Å². The first kappa shape index (κ1) is 15.1. The van der Waals surface area contributed by atoms with Crippen molar-refractivity contribution in [2.75, 3.05) is 32.8 Å². The molecule has 1 aromatic heterocycles. The lowest BCUT2D eigenvalue weighted by Gasteiger charge is -2.36. The van der Waals surface area contributed by atoms with Crippen LogP contribution in [0, 0.1) is 17.8 Å². The van der Waals surface area contributed by atoms with Crippen molar-refractivity contribution in [3.8, 4) is 0 Å². The Labute approximate surface area is 137 Å². The highest BCUT2D eigenvalue weighted by molar-refractivity contribution is 5.93. The van der Waals surface area contributed by atoms with E-state index in [1.54, 1.807) is 17.1 Å². The van der Waals surface area contributed by atoms with Crippen molar-refractivity contribution < 1.29 is 9.53 Å². The minimum absolute atomic E-state index is 0.0594. The lowest BCUT2D eigenvalue weighted by atomic mass is 9.84. The highest BCUT2D eigenvalue weighted by Crippen LogP contribution is 2.36. The Morgan fingerprint density at radius 3 is 3.04 bits per heavy atom. The molecule has 3 heterocycles. The number of fused-ring (bicyclic) bond motifs is 1. The number of carbonyl (C=O) groups is 1. The normalized spacial score (nSPS) is 31.1. The fraction of sp³-hybridized carbons (Fsp3) is 0.765. The van der Waals surface area contributed by atoms with Gasteiger partial charge in [0.2, 0.25) is 0 Å². The molecule has 1 N–H and O–H groups in total. The van der Waals surface area contributed by atoms with Crippen LogP contribution in [0.5, 0.6) is 0 Å². The van der Waals surface area contributed by atoms with E-state index in [2.05, 4.69) is 15.3 Å². The van der Waals surface area contributed by atoms with Crippen molar-refractivity contribution in [3.05, 3.63) is 18.0 Å². The quantitative estimate of drug-likeness (QED) is 0.876. The summed E-state index contributed by atoms with van der Waals surface area (Å²) in [7, 11) is 1.82. The van der Waals surface area contributed by atoms with Crippen molar-refractivity contribution in [1.29, 1.82) is 0 Å². The average Bonchev–Trinajstić information content (AvgIpc) is 3.10. The Morgan fingerprint density at radius 2 is 2.30 bits per heavy atom. The molecule has 0 radical (unpaired) electrons. The number of likely N-dealkylation sites (tertiary alicyclic amines) is 1. The van der Waals surface area contributed by atoms with Crippen molar-refractivity contribution in [2.45, 2.75) is 25.4 Å². The van der Waals surface area contributed by atoms with Gasteiger partial charge in [0.1, 0.15) is 0 Å². The molecule has 126 valence electrons. The summed E-state index contributed by atoms with van der Waals surface area (Å²) in [6, 6.07) is 0. The monoisotopic (exact) mass is 318 g/mol. The molecular formula is C17H26N4O2. The van der Waals surface area contributed by atoms with Gasteiger partial charge in [0.05, 0.1) is 24.5 Å². The van der Waals surface area contributed by atoms with E-state index in [0.717, 1.165) is 19.1 Å². The zero-order valence-corrected chi connectivity index (χ0v) is 13.8. The van der Waals surface area contributed by atoms with Gasteiger partial charge in [-0.15, -0.1) is 0 Å². The molecule has 2 saturated heterocycles. The van der Waals surface area contributed by atoms with Crippen LogP contribution in [0.4, 0.5) is 0 Å². The van der Waals surface area contributed by atoms with E-state index in [1.165, 1.54) is 32.4 Å². The molecule has 2 aliphatic heterocycles. The molecule has 0 bridgehead atoms. The van der Waals surface area contributed by atoms with Gasteiger partial charge in [-0.1, -0.05) is 0 Å². The van der Waals surface area contributed by atoms with E-state index in [-0.39, 0.29) is 12.0 Å². The van der Waals surface area contributed by atoms with Crippen molar-refractivity contribution in [1.82, 2.24) is 20.0 Å². The summed E-state index contributed by atoms with van der Waals surface area (Å²) >= 11 is 0. The van der Waals surface area contributed by atoms with Crippen LogP contribution >= 0.6 is 0 Å². The number of piperidine rings is 1. The summed E-state index contributed by atoms with van der Waals surface area (Å²) in [5.74, 6) is 2.12. The lowest BCUT2D eigenvalue weighted by molar-refractivity contribution is 0.0682. The van der Waals surface area contributed by atoms with Gasteiger partial charge in [-0.2, -0.15) is 5.10 Å². The summed E-state index contributed by atoms with van der Waals surface area (Å²) in [6.45, 7) is 5.07. The number of aromatic nitrogens is 2. The number of nitrogens with zero attached hydrogens (tertiary/aromatic N) is 3. The number of rotatable bonds is 5. The van der Waals surface area contributed by atoms with Crippen LogP contribution < -0.4 is 5.32 Å². The van der Waals surface area contributed by atoms with E-state index >= 15 is 0 Å². The molecule has 3 fully saturated rings. The molecule has 4 rings (SSSR count). The van der Waals surface area contributed by atoms with Gasteiger partial charge in [-0.05, 0) is 37.6 Å². The number of ether oxygens (including phenoxy) is 1. The van der Waals surface area contributed by atoms with Gasteiger partial charge in [0.15, 0.2) is 0 Å². The molecule has 23 heavy (non-hydrogen) atoms.